The summed E-state index contributed by atoms with van der Waals surface area (Å²) >= 11 is 12.2. The molecule has 0 spiro atoms. The lowest BCUT2D eigenvalue weighted by molar-refractivity contribution is -0.137. The largest absolute Gasteiger partial charge is 0.462 e. The second kappa shape index (κ2) is 7.63. The molecule has 2 aliphatic rings. The van der Waals surface area contributed by atoms with Crippen LogP contribution in [-0.4, -0.2) is 25.0 Å². The van der Waals surface area contributed by atoms with Crippen molar-refractivity contribution < 1.29 is 14.3 Å². The number of rotatable bonds is 4. The Morgan fingerprint density at radius 3 is 2.80 bits per heavy atom. The molecular weight excluding hydrogens is 361 g/mol. The van der Waals surface area contributed by atoms with E-state index < -0.39 is 5.97 Å². The molecule has 0 saturated heterocycles. The van der Waals surface area contributed by atoms with Gasteiger partial charge in [-0.1, -0.05) is 23.2 Å². The number of benzene rings is 1. The van der Waals surface area contributed by atoms with Gasteiger partial charge in [-0.05, 0) is 68.0 Å². The summed E-state index contributed by atoms with van der Waals surface area (Å²) in [6, 6.07) is 5.30. The molecule has 1 aliphatic heterocycles. The Morgan fingerprint density at radius 2 is 2.08 bits per heavy atom. The Hall–Kier alpha value is -1.78. The normalized spacial score (nSPS) is 17.8. The van der Waals surface area contributed by atoms with E-state index in [-0.39, 0.29) is 17.5 Å². The van der Waals surface area contributed by atoms with E-state index in [1.54, 1.807) is 24.0 Å². The van der Waals surface area contributed by atoms with E-state index in [1.165, 1.54) is 11.6 Å². The van der Waals surface area contributed by atoms with E-state index in [0.717, 1.165) is 36.9 Å². The van der Waals surface area contributed by atoms with Crippen LogP contribution in [0.25, 0.3) is 6.08 Å². The van der Waals surface area contributed by atoms with Crippen molar-refractivity contribution in [2.45, 2.75) is 32.6 Å². The highest BCUT2D eigenvalue weighted by atomic mass is 35.5. The van der Waals surface area contributed by atoms with Crippen LogP contribution in [0.1, 0.15) is 38.2 Å². The predicted molar refractivity (Wildman–Crippen MR) is 99.8 cm³/mol. The number of nitrogens with zero attached hydrogens (tertiary/aromatic N) is 1. The van der Waals surface area contributed by atoms with E-state index in [0.29, 0.717) is 17.1 Å². The van der Waals surface area contributed by atoms with Crippen LogP contribution in [0.5, 0.6) is 0 Å². The quantitative estimate of drug-likeness (QED) is 0.562. The predicted octanol–water partition coefficient (Wildman–Crippen LogP) is 4.70. The molecule has 1 aromatic rings. The smallest absolute Gasteiger partial charge is 0.349 e. The number of ether oxygens (including phenoxy) is 1. The lowest BCUT2D eigenvalue weighted by atomic mass is 9.94. The fourth-order valence-corrected chi connectivity index (χ4v) is 3.58. The van der Waals surface area contributed by atoms with E-state index >= 15 is 0 Å². The summed E-state index contributed by atoms with van der Waals surface area (Å²) in [5.41, 5.74) is 3.54. The van der Waals surface area contributed by atoms with Crippen LogP contribution in [0.4, 0.5) is 5.69 Å². The monoisotopic (exact) mass is 379 g/mol. The lowest BCUT2D eigenvalue weighted by Gasteiger charge is -2.18. The standard InChI is InChI=1S/C19H19Cl2NO3/c1-2-25-19(24)17(21)10-13-9-14(7-8-16(13)20)22-11-12-5-3-4-6-15(12)18(22)23/h7-10H,2-6,11H2,1H3/b17-10-. The van der Waals surface area contributed by atoms with Crippen molar-refractivity contribution in [3.8, 4) is 0 Å². The third kappa shape index (κ3) is 3.75. The number of anilines is 1. The maximum atomic E-state index is 12.7. The average molecular weight is 380 g/mol. The Bertz CT molecular complexity index is 783. The minimum Gasteiger partial charge on any atom is -0.462 e. The molecule has 4 nitrogen and oxygen atoms in total. The van der Waals surface area contributed by atoms with Gasteiger partial charge in [0, 0.05) is 22.8 Å². The molecule has 0 unspecified atom stereocenters. The summed E-state index contributed by atoms with van der Waals surface area (Å²) in [4.78, 5) is 26.1. The molecule has 0 fully saturated rings. The van der Waals surface area contributed by atoms with Crippen LogP contribution in [-0.2, 0) is 14.3 Å². The Labute approximate surface area is 157 Å². The number of carbonyl (C=O) groups is 2. The Kier molecular flexibility index (Phi) is 5.50. The number of hydrogen-bond acceptors (Lipinski definition) is 3. The zero-order chi connectivity index (χ0) is 18.0. The number of halogens is 2. The highest BCUT2D eigenvalue weighted by Gasteiger charge is 2.32. The first-order chi connectivity index (χ1) is 12.0. The molecule has 0 radical (unpaired) electrons. The third-order valence-electron chi connectivity index (χ3n) is 4.48. The summed E-state index contributed by atoms with van der Waals surface area (Å²) in [6.07, 6.45) is 5.54. The van der Waals surface area contributed by atoms with Gasteiger partial charge in [0.15, 0.2) is 0 Å². The van der Waals surface area contributed by atoms with Crippen LogP contribution in [0, 0.1) is 0 Å². The molecule has 6 heteroatoms. The van der Waals surface area contributed by atoms with E-state index in [4.69, 9.17) is 27.9 Å². The van der Waals surface area contributed by atoms with Gasteiger partial charge >= 0.3 is 5.97 Å². The fourth-order valence-electron chi connectivity index (χ4n) is 3.24. The van der Waals surface area contributed by atoms with Gasteiger partial charge in [-0.25, -0.2) is 4.79 Å². The van der Waals surface area contributed by atoms with Gasteiger partial charge in [-0.3, -0.25) is 4.79 Å². The van der Waals surface area contributed by atoms with E-state index in [1.807, 2.05) is 6.07 Å². The van der Waals surface area contributed by atoms with Crippen molar-refractivity contribution >= 4 is 46.8 Å². The topological polar surface area (TPSA) is 46.6 Å². The average Bonchev–Trinajstić information content (AvgIpc) is 2.94. The lowest BCUT2D eigenvalue weighted by Crippen LogP contribution is -2.26. The molecule has 0 bridgehead atoms. The number of esters is 1. The second-order valence-electron chi connectivity index (χ2n) is 6.10. The van der Waals surface area contributed by atoms with Gasteiger partial charge in [0.05, 0.1) is 6.61 Å². The van der Waals surface area contributed by atoms with Crippen molar-refractivity contribution in [2.75, 3.05) is 18.1 Å². The zero-order valence-electron chi connectivity index (χ0n) is 14.0. The Balaban J connectivity index is 1.87. The molecule has 1 heterocycles. The molecule has 1 aromatic carbocycles. The number of carbonyl (C=O) groups excluding carboxylic acids is 2. The van der Waals surface area contributed by atoms with Gasteiger partial charge in [0.25, 0.3) is 5.91 Å². The minimum atomic E-state index is -0.597. The first-order valence-corrected chi connectivity index (χ1v) is 9.13. The van der Waals surface area contributed by atoms with Crippen molar-refractivity contribution in [1.82, 2.24) is 0 Å². The van der Waals surface area contributed by atoms with Gasteiger partial charge in [-0.15, -0.1) is 0 Å². The first-order valence-electron chi connectivity index (χ1n) is 8.38. The first kappa shape index (κ1) is 18.0. The molecule has 0 aromatic heterocycles. The van der Waals surface area contributed by atoms with E-state index in [2.05, 4.69) is 0 Å². The van der Waals surface area contributed by atoms with Crippen molar-refractivity contribution in [1.29, 1.82) is 0 Å². The van der Waals surface area contributed by atoms with Gasteiger partial charge < -0.3 is 9.64 Å². The highest BCUT2D eigenvalue weighted by molar-refractivity contribution is 6.43. The van der Waals surface area contributed by atoms with E-state index in [9.17, 15) is 9.59 Å². The van der Waals surface area contributed by atoms with Crippen LogP contribution in [0.2, 0.25) is 5.02 Å². The van der Waals surface area contributed by atoms with Crippen LogP contribution in [0.15, 0.2) is 34.4 Å². The number of hydrogen-bond donors (Lipinski definition) is 0. The van der Waals surface area contributed by atoms with Gasteiger partial charge in [-0.2, -0.15) is 0 Å². The SMILES string of the molecule is CCOC(=O)/C(Cl)=C/c1cc(N2CC3=C(CCCC3)C2=O)ccc1Cl. The van der Waals surface area contributed by atoms with Gasteiger partial charge in [0.1, 0.15) is 5.03 Å². The van der Waals surface area contributed by atoms with Crippen LogP contribution in [0.3, 0.4) is 0 Å². The highest BCUT2D eigenvalue weighted by Crippen LogP contribution is 2.36. The van der Waals surface area contributed by atoms with Gasteiger partial charge in [0.2, 0.25) is 0 Å². The van der Waals surface area contributed by atoms with Crippen molar-refractivity contribution in [2.24, 2.45) is 0 Å². The maximum absolute atomic E-state index is 12.7. The molecular formula is C19H19Cl2NO3. The summed E-state index contributed by atoms with van der Waals surface area (Å²) in [5, 5.41) is 0.404. The molecule has 0 N–H and O–H groups in total. The number of amides is 1. The summed E-state index contributed by atoms with van der Waals surface area (Å²) in [5.74, 6) is -0.525. The van der Waals surface area contributed by atoms with Crippen molar-refractivity contribution in [3.05, 3.63) is 45.0 Å². The molecule has 132 valence electrons. The molecule has 25 heavy (non-hydrogen) atoms. The summed E-state index contributed by atoms with van der Waals surface area (Å²) < 4.78 is 4.87. The minimum absolute atomic E-state index is 0.0499. The molecule has 1 amide bonds. The fraction of sp³-hybridized carbons (Fsp3) is 0.368. The molecule has 0 atom stereocenters. The second-order valence-corrected chi connectivity index (χ2v) is 6.91. The summed E-state index contributed by atoms with van der Waals surface area (Å²) in [6.45, 7) is 2.59. The summed E-state index contributed by atoms with van der Waals surface area (Å²) in [7, 11) is 0. The third-order valence-corrected chi connectivity index (χ3v) is 5.09. The van der Waals surface area contributed by atoms with Crippen LogP contribution < -0.4 is 4.90 Å². The molecule has 1 aliphatic carbocycles. The maximum Gasteiger partial charge on any atom is 0.349 e. The van der Waals surface area contributed by atoms with Crippen molar-refractivity contribution in [3.63, 3.8) is 0 Å². The van der Waals surface area contributed by atoms with Crippen LogP contribution >= 0.6 is 23.2 Å². The Morgan fingerprint density at radius 1 is 1.32 bits per heavy atom. The zero-order valence-corrected chi connectivity index (χ0v) is 15.5. The molecule has 0 saturated carbocycles. The molecule has 3 rings (SSSR count).